The summed E-state index contributed by atoms with van der Waals surface area (Å²) >= 11 is 6.03. The van der Waals surface area contributed by atoms with E-state index in [1.54, 1.807) is 18.0 Å². The molecule has 0 aromatic heterocycles. The Morgan fingerprint density at radius 1 is 1.38 bits per heavy atom. The molecule has 130 valence electrons. The number of rotatable bonds is 3. The van der Waals surface area contributed by atoms with E-state index in [1.165, 1.54) is 12.1 Å². The van der Waals surface area contributed by atoms with Crippen LogP contribution in [-0.4, -0.2) is 36.9 Å². The number of carbonyl (C=O) groups is 2. The number of amides is 2. The minimum atomic E-state index is -0.464. The van der Waals surface area contributed by atoms with Gasteiger partial charge in [0.05, 0.1) is 12.3 Å². The molecule has 2 fully saturated rings. The predicted octanol–water partition coefficient (Wildman–Crippen LogP) is 2.79. The average Bonchev–Trinajstić information content (AvgIpc) is 3.18. The Bertz CT molecular complexity index is 638. The number of benzene rings is 1. The Kier molecular flexibility index (Phi) is 4.81. The molecule has 2 amide bonds. The Labute approximate surface area is 146 Å². The summed E-state index contributed by atoms with van der Waals surface area (Å²) in [5.74, 6) is -0.811. The molecule has 1 aliphatic heterocycles. The normalized spacial score (nSPS) is 22.1. The monoisotopic (exact) mass is 352 g/mol. The molecule has 1 aromatic rings. The predicted molar refractivity (Wildman–Crippen MR) is 90.2 cm³/mol. The minimum Gasteiger partial charge on any atom is -0.359 e. The minimum absolute atomic E-state index is 0.00359. The Morgan fingerprint density at radius 2 is 2.08 bits per heavy atom. The molecule has 1 aromatic carbocycles. The Balaban J connectivity index is 1.78. The second kappa shape index (κ2) is 6.71. The number of halogens is 2. The molecule has 0 unspecified atom stereocenters. The fourth-order valence-corrected chi connectivity index (χ4v) is 4.47. The zero-order chi connectivity index (χ0) is 17.3. The highest BCUT2D eigenvalue weighted by Crippen LogP contribution is 2.49. The van der Waals surface area contributed by atoms with Gasteiger partial charge >= 0.3 is 0 Å². The smallest absolute Gasteiger partial charge is 0.227 e. The second-order valence-corrected chi connectivity index (χ2v) is 7.29. The van der Waals surface area contributed by atoms with Gasteiger partial charge in [0.15, 0.2) is 0 Å². The molecule has 1 N–H and O–H groups in total. The molecule has 1 spiro atoms. The molecular weight excluding hydrogens is 331 g/mol. The van der Waals surface area contributed by atoms with Gasteiger partial charge in [-0.15, -0.1) is 0 Å². The molecule has 1 saturated heterocycles. The van der Waals surface area contributed by atoms with Crippen LogP contribution in [0.3, 0.4) is 0 Å². The number of carbonyl (C=O) groups excluding carboxylic acids is 2. The van der Waals surface area contributed by atoms with Gasteiger partial charge in [-0.2, -0.15) is 0 Å². The van der Waals surface area contributed by atoms with Crippen LogP contribution in [0, 0.1) is 17.2 Å². The van der Waals surface area contributed by atoms with E-state index in [-0.39, 0.29) is 40.2 Å². The zero-order valence-electron chi connectivity index (χ0n) is 13.8. The first kappa shape index (κ1) is 17.2. The van der Waals surface area contributed by atoms with Crippen LogP contribution in [0.1, 0.15) is 31.2 Å². The molecule has 24 heavy (non-hydrogen) atoms. The number of likely N-dealkylation sites (tertiary alicyclic amines) is 1. The van der Waals surface area contributed by atoms with E-state index in [2.05, 4.69) is 5.32 Å². The molecule has 1 heterocycles. The quantitative estimate of drug-likeness (QED) is 0.909. The van der Waals surface area contributed by atoms with Crippen molar-refractivity contribution in [1.29, 1.82) is 0 Å². The van der Waals surface area contributed by atoms with E-state index in [1.807, 2.05) is 0 Å². The van der Waals surface area contributed by atoms with Gasteiger partial charge in [0.1, 0.15) is 5.82 Å². The summed E-state index contributed by atoms with van der Waals surface area (Å²) in [7, 11) is 1.63. The fraction of sp³-hybridized carbons (Fsp3) is 0.556. The summed E-state index contributed by atoms with van der Waals surface area (Å²) in [4.78, 5) is 26.7. The van der Waals surface area contributed by atoms with E-state index >= 15 is 0 Å². The van der Waals surface area contributed by atoms with Crippen LogP contribution in [0.2, 0.25) is 5.02 Å². The molecule has 2 aliphatic rings. The molecule has 0 bridgehead atoms. The second-order valence-electron chi connectivity index (χ2n) is 6.89. The van der Waals surface area contributed by atoms with Crippen molar-refractivity contribution in [3.63, 3.8) is 0 Å². The lowest BCUT2D eigenvalue weighted by Crippen LogP contribution is -2.38. The van der Waals surface area contributed by atoms with Crippen molar-refractivity contribution in [3.8, 4) is 0 Å². The number of hydrogen-bond donors (Lipinski definition) is 1. The van der Waals surface area contributed by atoms with Crippen LogP contribution in [0.15, 0.2) is 18.2 Å². The van der Waals surface area contributed by atoms with Crippen molar-refractivity contribution >= 4 is 23.4 Å². The lowest BCUT2D eigenvalue weighted by molar-refractivity contribution is -0.130. The van der Waals surface area contributed by atoms with Crippen molar-refractivity contribution in [2.45, 2.75) is 32.1 Å². The topological polar surface area (TPSA) is 49.4 Å². The Hall–Kier alpha value is -1.62. The first-order valence-corrected chi connectivity index (χ1v) is 8.77. The van der Waals surface area contributed by atoms with E-state index in [0.717, 1.165) is 25.7 Å². The van der Waals surface area contributed by atoms with Gasteiger partial charge in [-0.25, -0.2) is 4.39 Å². The average molecular weight is 353 g/mol. The van der Waals surface area contributed by atoms with Crippen LogP contribution >= 0.6 is 11.6 Å². The first-order valence-electron chi connectivity index (χ1n) is 8.39. The third-order valence-electron chi connectivity index (χ3n) is 5.55. The van der Waals surface area contributed by atoms with E-state index in [4.69, 9.17) is 11.6 Å². The molecule has 1 atom stereocenters. The van der Waals surface area contributed by atoms with Crippen LogP contribution in [0.25, 0.3) is 0 Å². The van der Waals surface area contributed by atoms with Crippen LogP contribution in [-0.2, 0) is 16.0 Å². The SMILES string of the molecule is CNC(=O)[C@H]1CN(C(=O)Cc2c(F)cccc2Cl)CC12CCCC2. The van der Waals surface area contributed by atoms with E-state index in [9.17, 15) is 14.0 Å². The van der Waals surface area contributed by atoms with Crippen molar-refractivity contribution in [1.82, 2.24) is 10.2 Å². The molecule has 1 saturated carbocycles. The lowest BCUT2D eigenvalue weighted by atomic mass is 9.76. The molecule has 4 nitrogen and oxygen atoms in total. The van der Waals surface area contributed by atoms with Gasteiger partial charge in [-0.3, -0.25) is 9.59 Å². The summed E-state index contributed by atoms with van der Waals surface area (Å²) in [6.45, 7) is 0.987. The molecular formula is C18H22ClFN2O2. The summed E-state index contributed by atoms with van der Waals surface area (Å²) in [6.07, 6.45) is 4.05. The molecule has 1 aliphatic carbocycles. The largest absolute Gasteiger partial charge is 0.359 e. The summed E-state index contributed by atoms with van der Waals surface area (Å²) in [6, 6.07) is 4.42. The van der Waals surface area contributed by atoms with E-state index in [0.29, 0.717) is 13.1 Å². The van der Waals surface area contributed by atoms with Crippen LogP contribution in [0.4, 0.5) is 4.39 Å². The van der Waals surface area contributed by atoms with Gasteiger partial charge in [-0.05, 0) is 25.0 Å². The zero-order valence-corrected chi connectivity index (χ0v) is 14.5. The van der Waals surface area contributed by atoms with Crippen molar-refractivity contribution < 1.29 is 14.0 Å². The molecule has 0 radical (unpaired) electrons. The maximum absolute atomic E-state index is 13.9. The molecule has 3 rings (SSSR count). The van der Waals surface area contributed by atoms with Crippen LogP contribution in [0.5, 0.6) is 0 Å². The lowest BCUT2D eigenvalue weighted by Gasteiger charge is -2.28. The highest BCUT2D eigenvalue weighted by Gasteiger charge is 2.51. The van der Waals surface area contributed by atoms with Gasteiger partial charge in [0.2, 0.25) is 11.8 Å². The third kappa shape index (κ3) is 3.02. The summed E-state index contributed by atoms with van der Waals surface area (Å²) < 4.78 is 13.9. The van der Waals surface area contributed by atoms with Gasteiger partial charge in [0, 0.05) is 36.1 Å². The summed E-state index contributed by atoms with van der Waals surface area (Å²) in [5, 5.41) is 2.99. The first-order chi connectivity index (χ1) is 11.5. The standard InChI is InChI=1S/C18H22ClFN2O2/c1-21-17(24)13-10-22(11-18(13)7-2-3-8-18)16(23)9-12-14(19)5-4-6-15(12)20/h4-6,13H,2-3,7-11H2,1H3,(H,21,24)/t13-/m1/s1. The van der Waals surface area contributed by atoms with Gasteiger partial charge < -0.3 is 10.2 Å². The van der Waals surface area contributed by atoms with Gasteiger partial charge in [0.25, 0.3) is 0 Å². The van der Waals surface area contributed by atoms with Gasteiger partial charge in [-0.1, -0.05) is 30.5 Å². The fourth-order valence-electron chi connectivity index (χ4n) is 4.24. The maximum Gasteiger partial charge on any atom is 0.227 e. The van der Waals surface area contributed by atoms with Crippen LogP contribution < -0.4 is 5.32 Å². The maximum atomic E-state index is 13.9. The molecule has 6 heteroatoms. The Morgan fingerprint density at radius 3 is 2.71 bits per heavy atom. The third-order valence-corrected chi connectivity index (χ3v) is 5.91. The van der Waals surface area contributed by atoms with Crippen molar-refractivity contribution in [2.24, 2.45) is 11.3 Å². The number of nitrogens with one attached hydrogen (secondary N) is 1. The highest BCUT2D eigenvalue weighted by molar-refractivity contribution is 6.31. The highest BCUT2D eigenvalue weighted by atomic mass is 35.5. The van der Waals surface area contributed by atoms with E-state index < -0.39 is 5.82 Å². The number of hydrogen-bond acceptors (Lipinski definition) is 2. The van der Waals surface area contributed by atoms with Crippen molar-refractivity contribution in [3.05, 3.63) is 34.6 Å². The number of nitrogens with zero attached hydrogens (tertiary/aromatic N) is 1. The summed E-state index contributed by atoms with van der Waals surface area (Å²) in [5.41, 5.74) is 0.113. The van der Waals surface area contributed by atoms with Crippen molar-refractivity contribution in [2.75, 3.05) is 20.1 Å².